The van der Waals surface area contributed by atoms with E-state index in [-0.39, 0.29) is 0 Å². The normalized spacial score (nSPS) is 11.6. The Balaban J connectivity index is 2.04. The smallest absolute Gasteiger partial charge is 0.130 e. The molecule has 0 radical (unpaired) electrons. The molecule has 5 nitrogen and oxygen atoms in total. The Morgan fingerprint density at radius 3 is 2.12 bits per heavy atom. The number of benzene rings is 1. The van der Waals surface area contributed by atoms with Crippen LogP contribution in [0.25, 0.3) is 0 Å². The van der Waals surface area contributed by atoms with E-state index in [9.17, 15) is 0 Å². The SMILES string of the molecule is CC(C)c1nn(C)c(N(C)C)c1CNCc1ccc(CN(C)C)cc1. The van der Waals surface area contributed by atoms with Crippen molar-refractivity contribution in [2.24, 2.45) is 7.05 Å². The number of anilines is 1. The van der Waals surface area contributed by atoms with Crippen molar-refractivity contribution < 1.29 is 0 Å². The molecule has 1 heterocycles. The van der Waals surface area contributed by atoms with Gasteiger partial charge in [0.2, 0.25) is 0 Å². The maximum Gasteiger partial charge on any atom is 0.130 e. The molecule has 2 rings (SSSR count). The predicted molar refractivity (Wildman–Crippen MR) is 106 cm³/mol. The first-order valence-corrected chi connectivity index (χ1v) is 8.96. The van der Waals surface area contributed by atoms with Crippen LogP contribution >= 0.6 is 0 Å². The van der Waals surface area contributed by atoms with E-state index in [2.05, 4.69) is 81.4 Å². The highest BCUT2D eigenvalue weighted by Crippen LogP contribution is 2.27. The van der Waals surface area contributed by atoms with Crippen LogP contribution in [0.15, 0.2) is 24.3 Å². The molecule has 0 saturated carbocycles. The fourth-order valence-electron chi connectivity index (χ4n) is 3.23. The molecule has 1 aromatic heterocycles. The van der Waals surface area contributed by atoms with E-state index in [1.54, 1.807) is 0 Å². The molecule has 1 N–H and O–H groups in total. The minimum absolute atomic E-state index is 0.419. The monoisotopic (exact) mass is 343 g/mol. The van der Waals surface area contributed by atoms with Gasteiger partial charge in [0.1, 0.15) is 5.82 Å². The third kappa shape index (κ3) is 5.06. The molecule has 0 aliphatic rings. The first-order chi connectivity index (χ1) is 11.8. The molecular weight excluding hydrogens is 310 g/mol. The lowest BCUT2D eigenvalue weighted by Gasteiger charge is -2.16. The van der Waals surface area contributed by atoms with Crippen LogP contribution in [0.2, 0.25) is 0 Å². The van der Waals surface area contributed by atoms with Crippen molar-refractivity contribution in [1.29, 1.82) is 0 Å². The fraction of sp³-hybridized carbons (Fsp3) is 0.550. The van der Waals surface area contributed by atoms with Crippen molar-refractivity contribution in [1.82, 2.24) is 20.0 Å². The number of hydrogen-bond donors (Lipinski definition) is 1. The van der Waals surface area contributed by atoms with Crippen molar-refractivity contribution in [3.8, 4) is 0 Å². The molecule has 25 heavy (non-hydrogen) atoms. The Kier molecular flexibility index (Phi) is 6.62. The Morgan fingerprint density at radius 1 is 1.00 bits per heavy atom. The maximum atomic E-state index is 4.73. The molecule has 0 aliphatic heterocycles. The summed E-state index contributed by atoms with van der Waals surface area (Å²) in [5, 5.41) is 8.32. The van der Waals surface area contributed by atoms with E-state index >= 15 is 0 Å². The standard InChI is InChI=1S/C20H33N5/c1-15(2)19-18(20(24(5)6)25(7)22-19)13-21-12-16-8-10-17(11-9-16)14-23(3)4/h8-11,15,21H,12-14H2,1-7H3. The van der Waals surface area contributed by atoms with Gasteiger partial charge in [-0.1, -0.05) is 38.1 Å². The Bertz CT molecular complexity index is 668. The van der Waals surface area contributed by atoms with Crippen LogP contribution in [-0.4, -0.2) is 42.9 Å². The van der Waals surface area contributed by atoms with Crippen LogP contribution in [0.3, 0.4) is 0 Å². The van der Waals surface area contributed by atoms with Gasteiger partial charge in [0.15, 0.2) is 0 Å². The highest BCUT2D eigenvalue weighted by molar-refractivity contribution is 5.50. The average molecular weight is 344 g/mol. The molecule has 0 atom stereocenters. The van der Waals surface area contributed by atoms with E-state index < -0.39 is 0 Å². The summed E-state index contributed by atoms with van der Waals surface area (Å²) in [7, 11) is 10.4. The molecule has 0 fully saturated rings. The number of nitrogens with one attached hydrogen (secondary N) is 1. The van der Waals surface area contributed by atoms with Gasteiger partial charge >= 0.3 is 0 Å². The predicted octanol–water partition coefficient (Wildman–Crippen LogP) is 2.96. The molecular formula is C20H33N5. The number of hydrogen-bond acceptors (Lipinski definition) is 4. The summed E-state index contributed by atoms with van der Waals surface area (Å²) in [4.78, 5) is 4.33. The van der Waals surface area contributed by atoms with Crippen LogP contribution in [-0.2, 0) is 26.7 Å². The molecule has 0 amide bonds. The molecule has 0 saturated heterocycles. The lowest BCUT2D eigenvalue weighted by atomic mass is 10.1. The van der Waals surface area contributed by atoms with E-state index in [0.717, 1.165) is 19.6 Å². The summed E-state index contributed by atoms with van der Waals surface area (Å²) in [6.45, 7) is 7.08. The molecule has 0 unspecified atom stereocenters. The summed E-state index contributed by atoms with van der Waals surface area (Å²) < 4.78 is 1.99. The summed E-state index contributed by atoms with van der Waals surface area (Å²) in [6.07, 6.45) is 0. The van der Waals surface area contributed by atoms with Crippen LogP contribution in [0.1, 0.15) is 42.1 Å². The van der Waals surface area contributed by atoms with E-state index in [0.29, 0.717) is 5.92 Å². The zero-order valence-corrected chi connectivity index (χ0v) is 16.8. The maximum absolute atomic E-state index is 4.73. The first-order valence-electron chi connectivity index (χ1n) is 8.96. The summed E-state index contributed by atoms with van der Waals surface area (Å²) in [5.41, 5.74) is 5.13. The molecule has 1 aromatic carbocycles. The number of aryl methyl sites for hydroxylation is 1. The highest BCUT2D eigenvalue weighted by Gasteiger charge is 2.19. The van der Waals surface area contributed by atoms with Gasteiger partial charge in [0, 0.05) is 46.3 Å². The van der Waals surface area contributed by atoms with Gasteiger partial charge in [-0.2, -0.15) is 5.10 Å². The molecule has 0 spiro atoms. The average Bonchev–Trinajstić information content (AvgIpc) is 2.85. The van der Waals surface area contributed by atoms with Gasteiger partial charge in [-0.15, -0.1) is 0 Å². The van der Waals surface area contributed by atoms with Crippen molar-refractivity contribution >= 4 is 5.82 Å². The molecule has 0 aliphatic carbocycles. The van der Waals surface area contributed by atoms with Crippen molar-refractivity contribution in [2.75, 3.05) is 33.1 Å². The third-order valence-corrected chi connectivity index (χ3v) is 4.27. The zero-order chi connectivity index (χ0) is 18.6. The molecule has 2 aromatic rings. The van der Waals surface area contributed by atoms with E-state index in [4.69, 9.17) is 5.10 Å². The summed E-state index contributed by atoms with van der Waals surface area (Å²) >= 11 is 0. The minimum atomic E-state index is 0.419. The molecule has 5 heteroatoms. The topological polar surface area (TPSA) is 36.3 Å². The number of nitrogens with zero attached hydrogens (tertiary/aromatic N) is 4. The Hall–Kier alpha value is -1.85. The largest absolute Gasteiger partial charge is 0.363 e. The van der Waals surface area contributed by atoms with Gasteiger partial charge in [-0.25, -0.2) is 0 Å². The van der Waals surface area contributed by atoms with Crippen LogP contribution < -0.4 is 10.2 Å². The summed E-state index contributed by atoms with van der Waals surface area (Å²) in [6, 6.07) is 8.86. The summed E-state index contributed by atoms with van der Waals surface area (Å²) in [5.74, 6) is 1.60. The lowest BCUT2D eigenvalue weighted by Crippen LogP contribution is -2.19. The van der Waals surface area contributed by atoms with E-state index in [1.807, 2.05) is 11.7 Å². The fourth-order valence-corrected chi connectivity index (χ4v) is 3.23. The number of aromatic nitrogens is 2. The van der Waals surface area contributed by atoms with Crippen molar-refractivity contribution in [3.63, 3.8) is 0 Å². The highest BCUT2D eigenvalue weighted by atomic mass is 15.4. The second-order valence-electron chi connectivity index (χ2n) is 7.52. The number of rotatable bonds is 8. The quantitative estimate of drug-likeness (QED) is 0.799. The zero-order valence-electron chi connectivity index (χ0n) is 16.8. The van der Waals surface area contributed by atoms with Crippen molar-refractivity contribution in [3.05, 3.63) is 46.6 Å². The third-order valence-electron chi connectivity index (χ3n) is 4.27. The van der Waals surface area contributed by atoms with E-state index in [1.165, 1.54) is 28.2 Å². The minimum Gasteiger partial charge on any atom is -0.363 e. The second kappa shape index (κ2) is 8.50. The lowest BCUT2D eigenvalue weighted by molar-refractivity contribution is 0.402. The van der Waals surface area contributed by atoms with Gasteiger partial charge < -0.3 is 15.1 Å². The van der Waals surface area contributed by atoms with Gasteiger partial charge in [-0.3, -0.25) is 4.68 Å². The van der Waals surface area contributed by atoms with Crippen LogP contribution in [0.4, 0.5) is 5.82 Å². The second-order valence-corrected chi connectivity index (χ2v) is 7.52. The van der Waals surface area contributed by atoms with Gasteiger partial charge in [0.05, 0.1) is 5.69 Å². The molecule has 0 bridgehead atoms. The first kappa shape index (κ1) is 19.5. The van der Waals surface area contributed by atoms with Gasteiger partial charge in [0.25, 0.3) is 0 Å². The van der Waals surface area contributed by atoms with Gasteiger partial charge in [-0.05, 0) is 31.1 Å². The Morgan fingerprint density at radius 2 is 1.60 bits per heavy atom. The molecule has 138 valence electrons. The van der Waals surface area contributed by atoms with Crippen molar-refractivity contribution in [2.45, 2.75) is 39.4 Å². The van der Waals surface area contributed by atoms with Crippen LogP contribution in [0.5, 0.6) is 0 Å². The van der Waals surface area contributed by atoms with Crippen LogP contribution in [0, 0.1) is 0 Å². The Labute approximate surface area is 152 Å².